The number of thiophene rings is 1. The quantitative estimate of drug-likeness (QED) is 0.769. The number of nitrogens with one attached hydrogen (secondary N) is 1. The Kier molecular flexibility index (Phi) is 5.64. The Hall–Kier alpha value is -1.91. The first-order valence-corrected chi connectivity index (χ1v) is 9.45. The molecule has 0 aromatic carbocycles. The normalized spacial score (nSPS) is 14.8. The summed E-state index contributed by atoms with van der Waals surface area (Å²) in [6.07, 6.45) is 1.33. The molecule has 0 spiro atoms. The lowest BCUT2D eigenvalue weighted by molar-refractivity contribution is 0.0925. The van der Waals surface area contributed by atoms with Crippen molar-refractivity contribution in [1.82, 2.24) is 15.1 Å². The van der Waals surface area contributed by atoms with E-state index in [0.717, 1.165) is 22.6 Å². The highest BCUT2D eigenvalue weighted by molar-refractivity contribution is 7.13. The highest BCUT2D eigenvalue weighted by Crippen LogP contribution is 2.30. The van der Waals surface area contributed by atoms with Gasteiger partial charge in [0, 0.05) is 36.5 Å². The number of carbonyl (C=O) groups is 1. The number of hydrogen-bond donors (Lipinski definition) is 1. The number of carbonyl (C=O) groups excluding carboxylic acids is 1. The second kappa shape index (κ2) is 7.77. The summed E-state index contributed by atoms with van der Waals surface area (Å²) in [5.41, 5.74) is -0.619. The Labute approximate surface area is 159 Å². The lowest BCUT2D eigenvalue weighted by atomic mass is 10.1. The van der Waals surface area contributed by atoms with Crippen LogP contribution in [0.3, 0.4) is 0 Å². The Morgan fingerprint density at radius 2 is 2.27 bits per heavy atom. The van der Waals surface area contributed by atoms with E-state index in [-0.39, 0.29) is 11.6 Å². The van der Waals surface area contributed by atoms with Crippen molar-refractivity contribution < 1.29 is 13.6 Å². The number of hydrogen-bond acceptors (Lipinski definition) is 3. The van der Waals surface area contributed by atoms with Gasteiger partial charge in [-0.2, -0.15) is 5.10 Å². The van der Waals surface area contributed by atoms with Crippen molar-refractivity contribution >= 4 is 28.8 Å². The van der Waals surface area contributed by atoms with E-state index in [2.05, 4.69) is 22.3 Å². The minimum Gasteiger partial charge on any atom is -0.349 e. The predicted molar refractivity (Wildman–Crippen MR) is 97.7 cm³/mol. The molecule has 2 aromatic heterocycles. The van der Waals surface area contributed by atoms with E-state index in [0.29, 0.717) is 17.4 Å². The second-order valence-corrected chi connectivity index (χ2v) is 7.95. The molecule has 0 aliphatic heterocycles. The first-order chi connectivity index (χ1) is 12.3. The summed E-state index contributed by atoms with van der Waals surface area (Å²) in [4.78, 5) is 14.1. The maximum atomic E-state index is 13.0. The summed E-state index contributed by atoms with van der Waals surface area (Å²) in [6.45, 7) is 1.81. The van der Waals surface area contributed by atoms with E-state index >= 15 is 0 Å². The number of nitrogens with zero attached hydrogens (tertiary/aromatic N) is 2. The molecular weight excluding hydrogens is 380 g/mol. The molecule has 1 N–H and O–H groups in total. The van der Waals surface area contributed by atoms with Crippen LogP contribution in [0, 0.1) is 17.8 Å². The molecule has 1 saturated carbocycles. The van der Waals surface area contributed by atoms with Crippen molar-refractivity contribution in [3.63, 3.8) is 0 Å². The fraction of sp³-hybridized carbons (Fsp3) is 0.444. The van der Waals surface area contributed by atoms with Crippen LogP contribution in [0.4, 0.5) is 8.78 Å². The molecule has 1 unspecified atom stereocenters. The monoisotopic (exact) mass is 397 g/mol. The fourth-order valence-electron chi connectivity index (χ4n) is 2.48. The Bertz CT molecular complexity index is 877. The Balaban J connectivity index is 1.64. The van der Waals surface area contributed by atoms with Crippen LogP contribution in [0.2, 0.25) is 5.02 Å². The van der Waals surface area contributed by atoms with Gasteiger partial charge in [-0.3, -0.25) is 9.48 Å². The molecule has 4 nitrogen and oxygen atoms in total. The van der Waals surface area contributed by atoms with Gasteiger partial charge in [0.05, 0.1) is 15.5 Å². The van der Waals surface area contributed by atoms with Crippen molar-refractivity contribution in [3.8, 4) is 11.8 Å². The van der Waals surface area contributed by atoms with Crippen LogP contribution in [0.1, 0.15) is 52.0 Å². The number of alkyl halides is 2. The largest absolute Gasteiger partial charge is 0.349 e. The van der Waals surface area contributed by atoms with E-state index in [1.807, 2.05) is 13.0 Å². The van der Waals surface area contributed by atoms with Crippen LogP contribution in [0.5, 0.6) is 0 Å². The van der Waals surface area contributed by atoms with Gasteiger partial charge in [-0.1, -0.05) is 23.4 Å². The first kappa shape index (κ1) is 18.9. The predicted octanol–water partition coefficient (Wildman–Crippen LogP) is 4.20. The number of amides is 1. The molecule has 2 aromatic rings. The molecular formula is C18H18ClF2N3OS. The lowest BCUT2D eigenvalue weighted by Crippen LogP contribution is -2.34. The van der Waals surface area contributed by atoms with Crippen LogP contribution < -0.4 is 5.32 Å². The van der Waals surface area contributed by atoms with Gasteiger partial charge in [0.15, 0.2) is 0 Å². The zero-order valence-corrected chi connectivity index (χ0v) is 15.9. The number of halogens is 3. The summed E-state index contributed by atoms with van der Waals surface area (Å²) in [7, 11) is 1.50. The number of aromatic nitrogens is 2. The maximum absolute atomic E-state index is 13.0. The van der Waals surface area contributed by atoms with Gasteiger partial charge in [-0.05, 0) is 25.8 Å². The van der Waals surface area contributed by atoms with Gasteiger partial charge in [-0.25, -0.2) is 8.78 Å². The van der Waals surface area contributed by atoms with Gasteiger partial charge in [0.2, 0.25) is 0 Å². The maximum Gasteiger partial charge on any atom is 0.282 e. The molecule has 1 fully saturated rings. The van der Waals surface area contributed by atoms with Crippen molar-refractivity contribution in [2.75, 3.05) is 0 Å². The van der Waals surface area contributed by atoms with Crippen molar-refractivity contribution in [1.29, 1.82) is 0 Å². The summed E-state index contributed by atoms with van der Waals surface area (Å²) in [5, 5.41) is 7.00. The van der Waals surface area contributed by atoms with Crippen LogP contribution >= 0.6 is 22.9 Å². The molecule has 26 heavy (non-hydrogen) atoms. The summed E-state index contributed by atoms with van der Waals surface area (Å²) < 4.78 is 27.2. The molecule has 138 valence electrons. The molecule has 1 aliphatic carbocycles. The topological polar surface area (TPSA) is 46.9 Å². The van der Waals surface area contributed by atoms with Gasteiger partial charge < -0.3 is 5.32 Å². The van der Waals surface area contributed by atoms with E-state index in [4.69, 9.17) is 11.6 Å². The standard InChI is InChI=1S/C18H18ClF2N3OS/c1-10(22-18(25)13-9-24(2)23-16(13)17(20)21)7-15-14(19)8-12(26-15)6-5-11-3-4-11/h8-11,17H,3-4,7H2,1-2H3,(H,22,25). The molecule has 3 rings (SSSR count). The van der Waals surface area contributed by atoms with Gasteiger partial charge in [0.25, 0.3) is 12.3 Å². The minimum absolute atomic E-state index is 0.109. The van der Waals surface area contributed by atoms with Gasteiger partial charge >= 0.3 is 0 Å². The van der Waals surface area contributed by atoms with Crippen molar-refractivity contribution in [3.05, 3.63) is 38.3 Å². The average molecular weight is 398 g/mol. The third-order valence-electron chi connectivity index (χ3n) is 3.91. The molecule has 8 heteroatoms. The molecule has 0 bridgehead atoms. The smallest absolute Gasteiger partial charge is 0.282 e. The molecule has 1 aliphatic rings. The summed E-state index contributed by atoms with van der Waals surface area (Å²) >= 11 is 7.76. The van der Waals surface area contributed by atoms with Gasteiger partial charge in [0.1, 0.15) is 5.69 Å². The molecule has 1 amide bonds. The third kappa shape index (κ3) is 4.63. The number of aryl methyl sites for hydroxylation is 1. The first-order valence-electron chi connectivity index (χ1n) is 8.25. The van der Waals surface area contributed by atoms with Crippen molar-refractivity contribution in [2.45, 2.75) is 38.7 Å². The van der Waals surface area contributed by atoms with Crippen LogP contribution in [-0.4, -0.2) is 21.7 Å². The summed E-state index contributed by atoms with van der Waals surface area (Å²) in [6, 6.07) is 1.57. The zero-order chi connectivity index (χ0) is 18.8. The zero-order valence-electron chi connectivity index (χ0n) is 14.4. The van der Waals surface area contributed by atoms with Crippen molar-refractivity contribution in [2.24, 2.45) is 13.0 Å². The van der Waals surface area contributed by atoms with E-state index < -0.39 is 18.0 Å². The average Bonchev–Trinajstić information content (AvgIpc) is 3.21. The Morgan fingerprint density at radius 1 is 1.54 bits per heavy atom. The molecule has 0 radical (unpaired) electrons. The Morgan fingerprint density at radius 3 is 2.92 bits per heavy atom. The fourth-order valence-corrected chi connectivity index (χ4v) is 3.89. The van der Waals surface area contributed by atoms with E-state index in [1.165, 1.54) is 29.3 Å². The second-order valence-electron chi connectivity index (χ2n) is 6.41. The van der Waals surface area contributed by atoms with Crippen LogP contribution in [0.15, 0.2) is 12.3 Å². The third-order valence-corrected chi connectivity index (χ3v) is 5.43. The highest BCUT2D eigenvalue weighted by Gasteiger charge is 2.24. The highest BCUT2D eigenvalue weighted by atomic mass is 35.5. The molecule has 1 atom stereocenters. The number of rotatable bonds is 5. The van der Waals surface area contributed by atoms with Gasteiger partial charge in [-0.15, -0.1) is 11.3 Å². The van der Waals surface area contributed by atoms with E-state index in [9.17, 15) is 13.6 Å². The summed E-state index contributed by atoms with van der Waals surface area (Å²) in [5.74, 6) is 6.27. The van der Waals surface area contributed by atoms with E-state index in [1.54, 1.807) is 0 Å². The molecule has 2 heterocycles. The van der Waals surface area contributed by atoms with Crippen LogP contribution in [0.25, 0.3) is 0 Å². The minimum atomic E-state index is -2.80. The SMILES string of the molecule is CC(Cc1sc(C#CC2CC2)cc1Cl)NC(=O)c1cn(C)nc1C(F)F. The lowest BCUT2D eigenvalue weighted by Gasteiger charge is -2.13. The molecule has 0 saturated heterocycles. The van der Waals surface area contributed by atoms with Crippen LogP contribution in [-0.2, 0) is 13.5 Å².